The van der Waals surface area contributed by atoms with Gasteiger partial charge in [-0.25, -0.2) is 13.2 Å². The van der Waals surface area contributed by atoms with E-state index in [-0.39, 0.29) is 4.90 Å². The molecule has 0 aliphatic heterocycles. The molecule has 5 nitrogen and oxygen atoms in total. The molecule has 0 amide bonds. The Morgan fingerprint density at radius 1 is 0.920 bits per heavy atom. The Morgan fingerprint density at radius 3 is 2.20 bits per heavy atom. The van der Waals surface area contributed by atoms with Gasteiger partial charge in [0.15, 0.2) is 0 Å². The van der Waals surface area contributed by atoms with Crippen molar-refractivity contribution in [1.82, 2.24) is 0 Å². The fraction of sp³-hybridized carbons (Fsp3) is 0.105. The second-order valence-electron chi connectivity index (χ2n) is 5.63. The first kappa shape index (κ1) is 17.0. The van der Waals surface area contributed by atoms with Gasteiger partial charge in [0.2, 0.25) is 0 Å². The lowest BCUT2D eigenvalue weighted by atomic mass is 10.1. The van der Waals surface area contributed by atoms with Crippen molar-refractivity contribution in [2.75, 3.05) is 4.31 Å². The quantitative estimate of drug-likeness (QED) is 0.760. The van der Waals surface area contributed by atoms with E-state index in [0.717, 1.165) is 9.69 Å². The van der Waals surface area contributed by atoms with Crippen molar-refractivity contribution in [3.63, 3.8) is 0 Å². The minimum absolute atomic E-state index is 0.0519. The molecule has 0 spiro atoms. The van der Waals surface area contributed by atoms with Gasteiger partial charge in [0.25, 0.3) is 10.0 Å². The Hall–Kier alpha value is -2.86. The average molecular weight is 355 g/mol. The third kappa shape index (κ3) is 3.08. The highest BCUT2D eigenvalue weighted by atomic mass is 32.2. The Kier molecular flexibility index (Phi) is 4.46. The first-order valence-electron chi connectivity index (χ1n) is 7.73. The van der Waals surface area contributed by atoms with Crippen LogP contribution in [0, 0.1) is 0 Å². The molecule has 0 fully saturated rings. The molecule has 0 aromatic heterocycles. The van der Waals surface area contributed by atoms with Crippen LogP contribution in [0.4, 0.5) is 5.69 Å². The number of anilines is 1. The van der Waals surface area contributed by atoms with Gasteiger partial charge in [-0.15, -0.1) is 0 Å². The second kappa shape index (κ2) is 6.57. The standard InChI is InChI=1S/C19H17NO4S/c1-14(19(21)22)20(25(23,24)16-10-3-2-4-11-16)18-13-7-9-15-8-5-6-12-17(15)18/h2-14H,1H3,(H,21,22). The minimum Gasteiger partial charge on any atom is -0.480 e. The molecule has 1 unspecified atom stereocenters. The minimum atomic E-state index is -4.04. The molecule has 3 rings (SSSR count). The normalized spacial score (nSPS) is 12.7. The summed E-state index contributed by atoms with van der Waals surface area (Å²) in [6.07, 6.45) is 0. The molecule has 128 valence electrons. The summed E-state index contributed by atoms with van der Waals surface area (Å²) < 4.78 is 27.3. The Morgan fingerprint density at radius 2 is 1.52 bits per heavy atom. The predicted octanol–water partition coefficient (Wildman–Crippen LogP) is 3.51. The summed E-state index contributed by atoms with van der Waals surface area (Å²) in [6.45, 7) is 1.37. The van der Waals surface area contributed by atoms with E-state index >= 15 is 0 Å². The van der Waals surface area contributed by atoms with Crippen LogP contribution in [0.5, 0.6) is 0 Å². The molecular weight excluding hydrogens is 338 g/mol. The molecular formula is C19H17NO4S. The highest BCUT2D eigenvalue weighted by molar-refractivity contribution is 7.93. The van der Waals surface area contributed by atoms with E-state index < -0.39 is 22.0 Å². The van der Waals surface area contributed by atoms with Crippen LogP contribution in [0.3, 0.4) is 0 Å². The Balaban J connectivity index is 2.28. The van der Waals surface area contributed by atoms with Crippen LogP contribution < -0.4 is 4.31 Å². The zero-order valence-electron chi connectivity index (χ0n) is 13.5. The number of aliphatic carboxylic acids is 1. The fourth-order valence-corrected chi connectivity index (χ4v) is 4.41. The van der Waals surface area contributed by atoms with Crippen molar-refractivity contribution >= 4 is 32.5 Å². The van der Waals surface area contributed by atoms with Gasteiger partial charge < -0.3 is 5.11 Å². The molecule has 0 heterocycles. The van der Waals surface area contributed by atoms with Gasteiger partial charge in [-0.05, 0) is 30.5 Å². The molecule has 3 aromatic rings. The van der Waals surface area contributed by atoms with E-state index in [1.807, 2.05) is 18.2 Å². The lowest BCUT2D eigenvalue weighted by molar-refractivity contribution is -0.137. The molecule has 0 bridgehead atoms. The number of hydrogen-bond acceptors (Lipinski definition) is 3. The molecule has 0 aliphatic rings. The number of benzene rings is 3. The number of hydrogen-bond donors (Lipinski definition) is 1. The van der Waals surface area contributed by atoms with Crippen LogP contribution in [0.15, 0.2) is 77.7 Å². The fourth-order valence-electron chi connectivity index (χ4n) is 2.75. The summed E-state index contributed by atoms with van der Waals surface area (Å²) in [5, 5.41) is 11.0. The number of carboxylic acids is 1. The summed E-state index contributed by atoms with van der Waals surface area (Å²) in [5.41, 5.74) is 0.344. The van der Waals surface area contributed by atoms with Gasteiger partial charge in [-0.3, -0.25) is 4.31 Å². The van der Waals surface area contributed by atoms with E-state index in [4.69, 9.17) is 0 Å². The number of carboxylic acid groups (broad SMARTS) is 1. The molecule has 0 saturated carbocycles. The van der Waals surface area contributed by atoms with Crippen molar-refractivity contribution < 1.29 is 18.3 Å². The van der Waals surface area contributed by atoms with Crippen LogP contribution >= 0.6 is 0 Å². The lowest BCUT2D eigenvalue weighted by Gasteiger charge is -2.29. The summed E-state index contributed by atoms with van der Waals surface area (Å²) in [7, 11) is -4.04. The van der Waals surface area contributed by atoms with E-state index in [1.165, 1.54) is 19.1 Å². The van der Waals surface area contributed by atoms with Gasteiger partial charge >= 0.3 is 5.97 Å². The first-order chi connectivity index (χ1) is 11.9. The summed E-state index contributed by atoms with van der Waals surface area (Å²) in [6, 6.07) is 19.1. The maximum Gasteiger partial charge on any atom is 0.327 e. The van der Waals surface area contributed by atoms with Crippen molar-refractivity contribution in [1.29, 1.82) is 0 Å². The van der Waals surface area contributed by atoms with Gasteiger partial charge in [0.1, 0.15) is 6.04 Å². The summed E-state index contributed by atoms with van der Waals surface area (Å²) >= 11 is 0. The van der Waals surface area contributed by atoms with Gasteiger partial charge in [0.05, 0.1) is 10.6 Å². The van der Waals surface area contributed by atoms with Gasteiger partial charge in [-0.1, -0.05) is 54.6 Å². The topological polar surface area (TPSA) is 74.7 Å². The van der Waals surface area contributed by atoms with E-state index in [2.05, 4.69) is 0 Å². The molecule has 1 N–H and O–H groups in total. The molecule has 0 saturated heterocycles. The molecule has 0 aliphatic carbocycles. The van der Waals surface area contributed by atoms with Crippen LogP contribution in [0.25, 0.3) is 10.8 Å². The number of sulfonamides is 1. The zero-order chi connectivity index (χ0) is 18.0. The van der Waals surface area contributed by atoms with Crippen LogP contribution in [-0.4, -0.2) is 25.5 Å². The highest BCUT2D eigenvalue weighted by Gasteiger charge is 2.34. The average Bonchev–Trinajstić information content (AvgIpc) is 2.62. The third-order valence-corrected chi connectivity index (χ3v) is 5.91. The monoisotopic (exact) mass is 355 g/mol. The van der Waals surface area contributed by atoms with Crippen molar-refractivity contribution in [2.24, 2.45) is 0 Å². The predicted molar refractivity (Wildman–Crippen MR) is 97.2 cm³/mol. The van der Waals surface area contributed by atoms with E-state index in [9.17, 15) is 18.3 Å². The lowest BCUT2D eigenvalue weighted by Crippen LogP contribution is -2.43. The zero-order valence-corrected chi connectivity index (χ0v) is 14.3. The highest BCUT2D eigenvalue weighted by Crippen LogP contribution is 2.32. The second-order valence-corrected chi connectivity index (χ2v) is 7.44. The van der Waals surface area contributed by atoms with Crippen molar-refractivity contribution in [2.45, 2.75) is 17.9 Å². The van der Waals surface area contributed by atoms with E-state index in [0.29, 0.717) is 11.1 Å². The first-order valence-corrected chi connectivity index (χ1v) is 9.17. The summed E-state index contributed by atoms with van der Waals surface area (Å²) in [5.74, 6) is -1.22. The molecule has 1 atom stereocenters. The third-order valence-electron chi connectivity index (χ3n) is 4.01. The largest absolute Gasteiger partial charge is 0.480 e. The van der Waals surface area contributed by atoms with Crippen molar-refractivity contribution in [3.05, 3.63) is 72.8 Å². The Labute approximate surface area is 146 Å². The van der Waals surface area contributed by atoms with Gasteiger partial charge in [0, 0.05) is 5.39 Å². The maximum absolute atomic E-state index is 13.2. The Bertz CT molecular complexity index is 1010. The smallest absolute Gasteiger partial charge is 0.327 e. The number of nitrogens with zero attached hydrogens (tertiary/aromatic N) is 1. The number of fused-ring (bicyclic) bond motifs is 1. The molecule has 0 radical (unpaired) electrons. The molecule has 25 heavy (non-hydrogen) atoms. The molecule has 6 heteroatoms. The maximum atomic E-state index is 13.2. The molecule has 3 aromatic carbocycles. The van der Waals surface area contributed by atoms with Gasteiger partial charge in [-0.2, -0.15) is 0 Å². The van der Waals surface area contributed by atoms with Crippen LogP contribution in [-0.2, 0) is 14.8 Å². The van der Waals surface area contributed by atoms with Crippen LogP contribution in [0.1, 0.15) is 6.92 Å². The summed E-state index contributed by atoms with van der Waals surface area (Å²) in [4.78, 5) is 11.7. The van der Waals surface area contributed by atoms with Crippen molar-refractivity contribution in [3.8, 4) is 0 Å². The van der Waals surface area contributed by atoms with Crippen LogP contribution in [0.2, 0.25) is 0 Å². The SMILES string of the molecule is CC(C(=O)O)N(c1cccc2ccccc12)S(=O)(=O)c1ccccc1. The number of carbonyl (C=O) groups is 1. The van der Waals surface area contributed by atoms with E-state index in [1.54, 1.807) is 42.5 Å². The number of rotatable bonds is 5.